The maximum absolute atomic E-state index is 12.9. The van der Waals surface area contributed by atoms with Crippen molar-refractivity contribution in [3.8, 4) is 0 Å². The molecule has 0 saturated carbocycles. The molecule has 10 heteroatoms. The van der Waals surface area contributed by atoms with E-state index in [9.17, 15) is 19.2 Å². The number of carbonyl (C=O) groups excluding carboxylic acids is 3. The van der Waals surface area contributed by atoms with Gasteiger partial charge in [0, 0.05) is 28.4 Å². The number of rotatable bonds is 5. The number of H-pyrrole nitrogens is 1. The van der Waals surface area contributed by atoms with Crippen molar-refractivity contribution in [2.45, 2.75) is 19.3 Å². The molecule has 0 unspecified atom stereocenters. The minimum atomic E-state index is -1.03. The number of Topliss-reactive ketones (excluding diaryl/α,β-unsaturated/α-hetero) is 1. The van der Waals surface area contributed by atoms with Gasteiger partial charge in [0.1, 0.15) is 5.82 Å². The SMILES string of the molecule is CC(=O)c1ccc(NC(=O)[C@H]2CC(=O)Nc3nc(Nc4cccc(Cl)c4)[nH]c(=O)c32)cc1. The van der Waals surface area contributed by atoms with Gasteiger partial charge >= 0.3 is 0 Å². The highest BCUT2D eigenvalue weighted by molar-refractivity contribution is 6.30. The maximum atomic E-state index is 12.9. The molecule has 0 aliphatic carbocycles. The molecule has 4 rings (SSSR count). The van der Waals surface area contributed by atoms with Gasteiger partial charge in [-0.3, -0.25) is 24.2 Å². The monoisotopic (exact) mass is 451 g/mol. The second-order valence-corrected chi connectivity index (χ2v) is 7.68. The molecule has 162 valence electrons. The topological polar surface area (TPSA) is 133 Å². The smallest absolute Gasteiger partial charge is 0.258 e. The molecule has 1 aliphatic rings. The van der Waals surface area contributed by atoms with Gasteiger partial charge in [0.25, 0.3) is 5.56 Å². The number of carbonyl (C=O) groups is 3. The molecular weight excluding hydrogens is 434 g/mol. The molecule has 32 heavy (non-hydrogen) atoms. The summed E-state index contributed by atoms with van der Waals surface area (Å²) in [5, 5.41) is 8.65. The average Bonchev–Trinajstić information content (AvgIpc) is 2.73. The van der Waals surface area contributed by atoms with Crippen LogP contribution < -0.4 is 21.5 Å². The molecule has 9 nitrogen and oxygen atoms in total. The highest BCUT2D eigenvalue weighted by Gasteiger charge is 2.34. The largest absolute Gasteiger partial charge is 0.326 e. The quantitative estimate of drug-likeness (QED) is 0.439. The molecule has 0 saturated heterocycles. The van der Waals surface area contributed by atoms with E-state index in [1.54, 1.807) is 48.5 Å². The van der Waals surface area contributed by atoms with Crippen LogP contribution in [0.3, 0.4) is 0 Å². The third-order valence-electron chi connectivity index (χ3n) is 4.91. The molecule has 2 amide bonds. The van der Waals surface area contributed by atoms with Gasteiger partial charge in [-0.2, -0.15) is 4.98 Å². The molecule has 1 aliphatic heterocycles. The number of aromatic amines is 1. The van der Waals surface area contributed by atoms with Gasteiger partial charge in [-0.1, -0.05) is 17.7 Å². The highest BCUT2D eigenvalue weighted by atomic mass is 35.5. The maximum Gasteiger partial charge on any atom is 0.258 e. The fourth-order valence-corrected chi connectivity index (χ4v) is 3.57. The van der Waals surface area contributed by atoms with Gasteiger partial charge in [0.05, 0.1) is 11.5 Å². The molecule has 1 atom stereocenters. The Bertz CT molecular complexity index is 1290. The summed E-state index contributed by atoms with van der Waals surface area (Å²) >= 11 is 5.97. The molecule has 4 N–H and O–H groups in total. The number of amides is 2. The van der Waals surface area contributed by atoms with Crippen molar-refractivity contribution < 1.29 is 14.4 Å². The predicted molar refractivity (Wildman–Crippen MR) is 121 cm³/mol. The van der Waals surface area contributed by atoms with Crippen LogP contribution in [0.4, 0.5) is 23.1 Å². The van der Waals surface area contributed by atoms with Crippen molar-refractivity contribution in [3.63, 3.8) is 0 Å². The minimum absolute atomic E-state index is 0.0154. The Hall–Kier alpha value is -3.98. The third kappa shape index (κ3) is 4.52. The zero-order chi connectivity index (χ0) is 22.8. The van der Waals surface area contributed by atoms with Crippen molar-refractivity contribution in [3.05, 3.63) is 75.0 Å². The lowest BCUT2D eigenvalue weighted by Crippen LogP contribution is -2.36. The average molecular weight is 452 g/mol. The molecule has 1 aromatic heterocycles. The summed E-state index contributed by atoms with van der Waals surface area (Å²) in [7, 11) is 0. The number of anilines is 4. The third-order valence-corrected chi connectivity index (χ3v) is 5.15. The number of ketones is 1. The summed E-state index contributed by atoms with van der Waals surface area (Å²) in [6.07, 6.45) is -0.198. The van der Waals surface area contributed by atoms with Crippen LogP contribution >= 0.6 is 11.6 Å². The second kappa shape index (κ2) is 8.64. The Labute approximate surface area is 187 Å². The van der Waals surface area contributed by atoms with Crippen LogP contribution in [-0.4, -0.2) is 27.6 Å². The Kier molecular flexibility index (Phi) is 5.74. The molecule has 2 aromatic carbocycles. The second-order valence-electron chi connectivity index (χ2n) is 7.24. The summed E-state index contributed by atoms with van der Waals surface area (Å²) in [4.78, 5) is 56.2. The van der Waals surface area contributed by atoms with E-state index < -0.39 is 23.3 Å². The highest BCUT2D eigenvalue weighted by Crippen LogP contribution is 2.30. The number of hydrogen-bond acceptors (Lipinski definition) is 6. The molecule has 0 spiro atoms. The Morgan fingerprint density at radius 3 is 2.53 bits per heavy atom. The number of aromatic nitrogens is 2. The number of nitrogens with one attached hydrogen (secondary N) is 4. The van der Waals surface area contributed by atoms with E-state index in [1.807, 2.05) is 0 Å². The summed E-state index contributed by atoms with van der Waals surface area (Å²) < 4.78 is 0. The number of fused-ring (bicyclic) bond motifs is 1. The van der Waals surface area contributed by atoms with Crippen LogP contribution in [0.2, 0.25) is 5.02 Å². The van der Waals surface area contributed by atoms with Crippen LogP contribution in [0.1, 0.15) is 35.2 Å². The van der Waals surface area contributed by atoms with E-state index >= 15 is 0 Å². The summed E-state index contributed by atoms with van der Waals surface area (Å²) in [5.41, 5.74) is 1.05. The van der Waals surface area contributed by atoms with E-state index in [0.717, 1.165) is 0 Å². The molecule has 2 heterocycles. The van der Waals surface area contributed by atoms with Crippen LogP contribution in [0.15, 0.2) is 53.3 Å². The van der Waals surface area contributed by atoms with Gasteiger partial charge in [-0.15, -0.1) is 0 Å². The van der Waals surface area contributed by atoms with Crippen molar-refractivity contribution >= 4 is 52.3 Å². The van der Waals surface area contributed by atoms with Gasteiger partial charge in [0.2, 0.25) is 17.8 Å². The molecule has 0 fully saturated rings. The predicted octanol–water partition coefficient (Wildman–Crippen LogP) is 3.43. The summed E-state index contributed by atoms with van der Waals surface area (Å²) in [5.74, 6) is -1.97. The minimum Gasteiger partial charge on any atom is -0.326 e. The molecular formula is C22H18ClN5O4. The van der Waals surface area contributed by atoms with Gasteiger partial charge in [0.15, 0.2) is 5.78 Å². The van der Waals surface area contributed by atoms with E-state index in [2.05, 4.69) is 25.9 Å². The number of benzene rings is 2. The number of hydrogen-bond donors (Lipinski definition) is 4. The van der Waals surface area contributed by atoms with Crippen molar-refractivity contribution in [1.29, 1.82) is 0 Å². The van der Waals surface area contributed by atoms with Crippen LogP contribution in [0.25, 0.3) is 0 Å². The van der Waals surface area contributed by atoms with E-state index in [4.69, 9.17) is 11.6 Å². The zero-order valence-corrected chi connectivity index (χ0v) is 17.6. The first-order chi connectivity index (χ1) is 15.3. The zero-order valence-electron chi connectivity index (χ0n) is 16.9. The van der Waals surface area contributed by atoms with Crippen molar-refractivity contribution in [2.24, 2.45) is 0 Å². The number of halogens is 1. The van der Waals surface area contributed by atoms with Crippen molar-refractivity contribution in [2.75, 3.05) is 16.0 Å². The summed E-state index contributed by atoms with van der Waals surface area (Å²) in [6, 6.07) is 13.1. The van der Waals surface area contributed by atoms with Crippen LogP contribution in [0.5, 0.6) is 0 Å². The first-order valence-corrected chi connectivity index (χ1v) is 10.1. The fourth-order valence-electron chi connectivity index (χ4n) is 3.38. The Balaban J connectivity index is 1.60. The lowest BCUT2D eigenvalue weighted by atomic mass is 9.92. The Morgan fingerprint density at radius 1 is 1.09 bits per heavy atom. The van der Waals surface area contributed by atoms with Crippen LogP contribution in [-0.2, 0) is 9.59 Å². The van der Waals surface area contributed by atoms with Gasteiger partial charge in [-0.05, 0) is 49.4 Å². The summed E-state index contributed by atoms with van der Waals surface area (Å²) in [6.45, 7) is 1.44. The molecule has 0 bridgehead atoms. The van der Waals surface area contributed by atoms with E-state index in [1.165, 1.54) is 6.92 Å². The van der Waals surface area contributed by atoms with Gasteiger partial charge < -0.3 is 16.0 Å². The van der Waals surface area contributed by atoms with Crippen molar-refractivity contribution in [1.82, 2.24) is 9.97 Å². The van der Waals surface area contributed by atoms with E-state index in [0.29, 0.717) is 22.0 Å². The Morgan fingerprint density at radius 2 is 1.84 bits per heavy atom. The normalized spacial score (nSPS) is 14.8. The standard InChI is InChI=1S/C22H18ClN5O4/c1-11(29)12-5-7-14(8-6-12)24-20(31)16-10-17(30)26-19-18(16)21(32)28-22(27-19)25-15-4-2-3-13(23)9-15/h2-9,16H,10H2,1H3,(H,24,31)(H3,25,26,27,28,30,32)/t16-/m0/s1. The fraction of sp³-hybridized carbons (Fsp3) is 0.136. The molecule has 3 aromatic rings. The lowest BCUT2D eigenvalue weighted by molar-refractivity contribution is -0.123. The van der Waals surface area contributed by atoms with E-state index in [-0.39, 0.29) is 29.5 Å². The first-order valence-electron chi connectivity index (χ1n) is 9.68. The molecule has 0 radical (unpaired) electrons. The lowest BCUT2D eigenvalue weighted by Gasteiger charge is -2.23. The van der Waals surface area contributed by atoms with Gasteiger partial charge in [-0.25, -0.2) is 0 Å². The van der Waals surface area contributed by atoms with Crippen LogP contribution in [0, 0.1) is 0 Å². The first kappa shape index (κ1) is 21.3. The number of nitrogens with zero attached hydrogens (tertiary/aromatic N) is 1.